The summed E-state index contributed by atoms with van der Waals surface area (Å²) < 4.78 is 12.4. The molecule has 7 heteroatoms. The molecule has 124 valence electrons. The number of benzene rings is 1. The molecular weight excluding hydrogens is 296 g/mol. The fourth-order valence-electron chi connectivity index (χ4n) is 2.00. The summed E-state index contributed by atoms with van der Waals surface area (Å²) in [6.45, 7) is 1.87. The Kier molecular flexibility index (Phi) is 6.90. The van der Waals surface area contributed by atoms with Crippen LogP contribution >= 0.6 is 0 Å². The summed E-state index contributed by atoms with van der Waals surface area (Å²) in [5.41, 5.74) is 0. The van der Waals surface area contributed by atoms with Gasteiger partial charge in [-0.1, -0.05) is 0 Å². The minimum Gasteiger partial charge on any atom is -0.497 e. The van der Waals surface area contributed by atoms with Crippen LogP contribution in [0.3, 0.4) is 0 Å². The quantitative estimate of drug-likeness (QED) is 0.674. The van der Waals surface area contributed by atoms with E-state index in [-0.39, 0.29) is 5.91 Å². The van der Waals surface area contributed by atoms with Crippen LogP contribution in [0, 0.1) is 0 Å². The molecule has 0 fully saturated rings. The lowest BCUT2D eigenvalue weighted by Gasteiger charge is -2.08. The predicted octanol–water partition coefficient (Wildman–Crippen LogP) is 1.65. The van der Waals surface area contributed by atoms with Gasteiger partial charge in [-0.3, -0.25) is 9.48 Å². The van der Waals surface area contributed by atoms with Crippen molar-refractivity contribution in [3.63, 3.8) is 0 Å². The minimum absolute atomic E-state index is 0.0505. The lowest BCUT2D eigenvalue weighted by Crippen LogP contribution is -2.25. The van der Waals surface area contributed by atoms with Crippen molar-refractivity contribution in [3.05, 3.63) is 36.9 Å². The molecule has 1 aromatic carbocycles. The van der Waals surface area contributed by atoms with Gasteiger partial charge in [0.25, 0.3) is 0 Å². The van der Waals surface area contributed by atoms with E-state index in [2.05, 4.69) is 15.4 Å². The van der Waals surface area contributed by atoms with E-state index < -0.39 is 0 Å². The zero-order valence-electron chi connectivity index (χ0n) is 13.3. The van der Waals surface area contributed by atoms with Crippen molar-refractivity contribution in [1.29, 1.82) is 0 Å². The van der Waals surface area contributed by atoms with E-state index in [0.29, 0.717) is 26.1 Å². The number of nitrogens with one attached hydrogen (secondary N) is 1. The van der Waals surface area contributed by atoms with Gasteiger partial charge in [0.15, 0.2) is 0 Å². The van der Waals surface area contributed by atoms with Gasteiger partial charge in [0.2, 0.25) is 5.91 Å². The second kappa shape index (κ2) is 9.45. The summed E-state index contributed by atoms with van der Waals surface area (Å²) in [7, 11) is 1.63. The van der Waals surface area contributed by atoms with Gasteiger partial charge in [0.1, 0.15) is 24.2 Å². The number of amides is 1. The average Bonchev–Trinajstić information content (AvgIpc) is 3.08. The molecular formula is C16H22N4O3. The fourth-order valence-corrected chi connectivity index (χ4v) is 2.00. The van der Waals surface area contributed by atoms with Crippen molar-refractivity contribution in [2.45, 2.75) is 25.8 Å². The maximum absolute atomic E-state index is 11.7. The number of nitrogens with zero attached hydrogens (tertiary/aromatic N) is 3. The Labute approximate surface area is 135 Å². The Morgan fingerprint density at radius 1 is 1.22 bits per heavy atom. The Balaban J connectivity index is 1.50. The Morgan fingerprint density at radius 2 is 2.00 bits per heavy atom. The van der Waals surface area contributed by atoms with Gasteiger partial charge < -0.3 is 14.8 Å². The van der Waals surface area contributed by atoms with Crippen molar-refractivity contribution in [3.8, 4) is 11.5 Å². The largest absolute Gasteiger partial charge is 0.497 e. The first-order valence-corrected chi connectivity index (χ1v) is 7.64. The molecule has 1 amide bonds. The van der Waals surface area contributed by atoms with E-state index in [4.69, 9.17) is 9.47 Å². The van der Waals surface area contributed by atoms with Crippen LogP contribution in [0.4, 0.5) is 0 Å². The number of hydrogen-bond acceptors (Lipinski definition) is 5. The second-order valence-corrected chi connectivity index (χ2v) is 4.99. The van der Waals surface area contributed by atoms with E-state index in [1.54, 1.807) is 18.1 Å². The van der Waals surface area contributed by atoms with Crippen LogP contribution in [0.5, 0.6) is 11.5 Å². The fraction of sp³-hybridized carbons (Fsp3) is 0.438. The number of methoxy groups -OCH3 is 1. The first-order valence-electron chi connectivity index (χ1n) is 7.64. The summed E-state index contributed by atoms with van der Waals surface area (Å²) in [6.07, 6.45) is 5.13. The van der Waals surface area contributed by atoms with Crippen LogP contribution in [0.2, 0.25) is 0 Å². The van der Waals surface area contributed by atoms with E-state index >= 15 is 0 Å². The molecule has 2 rings (SSSR count). The third kappa shape index (κ3) is 6.37. The topological polar surface area (TPSA) is 78.3 Å². The number of aryl methyl sites for hydroxylation is 1. The van der Waals surface area contributed by atoms with Crippen LogP contribution in [-0.2, 0) is 11.3 Å². The van der Waals surface area contributed by atoms with E-state index in [1.807, 2.05) is 24.3 Å². The first kappa shape index (κ1) is 16.8. The molecule has 1 heterocycles. The maximum atomic E-state index is 11.7. The summed E-state index contributed by atoms with van der Waals surface area (Å²) in [6, 6.07) is 7.43. The van der Waals surface area contributed by atoms with Crippen LogP contribution < -0.4 is 14.8 Å². The zero-order valence-corrected chi connectivity index (χ0v) is 13.3. The van der Waals surface area contributed by atoms with Crippen LogP contribution in [0.1, 0.15) is 19.3 Å². The van der Waals surface area contributed by atoms with Gasteiger partial charge in [-0.2, -0.15) is 5.10 Å². The lowest BCUT2D eigenvalue weighted by atomic mass is 10.3. The molecule has 0 aliphatic carbocycles. The molecule has 0 radical (unpaired) electrons. The maximum Gasteiger partial charge on any atom is 0.220 e. The van der Waals surface area contributed by atoms with E-state index in [0.717, 1.165) is 24.3 Å². The molecule has 1 N–H and O–H groups in total. The van der Waals surface area contributed by atoms with Crippen LogP contribution in [-0.4, -0.2) is 40.9 Å². The van der Waals surface area contributed by atoms with Crippen molar-refractivity contribution < 1.29 is 14.3 Å². The van der Waals surface area contributed by atoms with Crippen molar-refractivity contribution in [1.82, 2.24) is 20.1 Å². The molecule has 2 aromatic rings. The molecule has 0 bridgehead atoms. The van der Waals surface area contributed by atoms with Crippen molar-refractivity contribution in [2.75, 3.05) is 20.3 Å². The molecule has 23 heavy (non-hydrogen) atoms. The first-order chi connectivity index (χ1) is 11.3. The molecule has 1 aromatic heterocycles. The molecule has 0 aliphatic rings. The normalized spacial score (nSPS) is 10.3. The van der Waals surface area contributed by atoms with Gasteiger partial charge in [-0.15, -0.1) is 0 Å². The zero-order chi connectivity index (χ0) is 16.3. The third-order valence-electron chi connectivity index (χ3n) is 3.23. The van der Waals surface area contributed by atoms with E-state index in [9.17, 15) is 4.79 Å². The SMILES string of the molecule is COc1ccc(OCCCNC(=O)CCCn2cncn2)cc1. The summed E-state index contributed by atoms with van der Waals surface area (Å²) in [4.78, 5) is 15.5. The standard InChI is InChI=1S/C16H22N4O3/c1-22-14-5-7-15(8-6-14)23-11-3-9-18-16(21)4-2-10-20-13-17-12-19-20/h5-8,12-13H,2-4,9-11H2,1H3,(H,18,21). The molecule has 0 unspecified atom stereocenters. The van der Waals surface area contributed by atoms with Crippen LogP contribution in [0.15, 0.2) is 36.9 Å². The van der Waals surface area contributed by atoms with Gasteiger partial charge in [-0.05, 0) is 37.1 Å². The molecule has 0 atom stereocenters. The smallest absolute Gasteiger partial charge is 0.220 e. The molecule has 0 aliphatic heterocycles. The number of rotatable bonds is 10. The summed E-state index contributed by atoms with van der Waals surface area (Å²) in [5.74, 6) is 1.65. The molecule has 0 saturated carbocycles. The Morgan fingerprint density at radius 3 is 2.70 bits per heavy atom. The monoisotopic (exact) mass is 318 g/mol. The lowest BCUT2D eigenvalue weighted by molar-refractivity contribution is -0.121. The van der Waals surface area contributed by atoms with Gasteiger partial charge >= 0.3 is 0 Å². The highest BCUT2D eigenvalue weighted by Crippen LogP contribution is 2.16. The Bertz CT molecular complexity index is 570. The number of carbonyl (C=O) groups is 1. The number of aromatic nitrogens is 3. The van der Waals surface area contributed by atoms with Gasteiger partial charge in [0, 0.05) is 19.5 Å². The van der Waals surface area contributed by atoms with Gasteiger partial charge in [-0.25, -0.2) is 4.98 Å². The molecule has 0 saturated heterocycles. The number of hydrogen-bond donors (Lipinski definition) is 1. The van der Waals surface area contributed by atoms with Crippen molar-refractivity contribution in [2.24, 2.45) is 0 Å². The predicted molar refractivity (Wildman–Crippen MR) is 85.4 cm³/mol. The Hall–Kier alpha value is -2.57. The average molecular weight is 318 g/mol. The molecule has 0 spiro atoms. The van der Waals surface area contributed by atoms with E-state index in [1.165, 1.54) is 6.33 Å². The summed E-state index contributed by atoms with van der Waals surface area (Å²) in [5, 5.41) is 6.87. The minimum atomic E-state index is 0.0505. The highest BCUT2D eigenvalue weighted by atomic mass is 16.5. The van der Waals surface area contributed by atoms with Gasteiger partial charge in [0.05, 0.1) is 13.7 Å². The number of carbonyl (C=O) groups excluding carboxylic acids is 1. The van der Waals surface area contributed by atoms with Crippen molar-refractivity contribution >= 4 is 5.91 Å². The number of ether oxygens (including phenoxy) is 2. The summed E-state index contributed by atoms with van der Waals surface area (Å²) >= 11 is 0. The highest BCUT2D eigenvalue weighted by Gasteiger charge is 2.01. The van der Waals surface area contributed by atoms with Crippen LogP contribution in [0.25, 0.3) is 0 Å². The highest BCUT2D eigenvalue weighted by molar-refractivity contribution is 5.75. The molecule has 7 nitrogen and oxygen atoms in total. The second-order valence-electron chi connectivity index (χ2n) is 4.99. The third-order valence-corrected chi connectivity index (χ3v) is 3.23.